The number of nitrogens with zero attached hydrogens (tertiary/aromatic N) is 1. The van der Waals surface area contributed by atoms with Crippen LogP contribution in [0, 0.1) is 5.92 Å². The van der Waals surface area contributed by atoms with Crippen molar-refractivity contribution in [3.05, 3.63) is 23.8 Å². The van der Waals surface area contributed by atoms with Crippen LogP contribution in [0.2, 0.25) is 0 Å². The topological polar surface area (TPSA) is 98.9 Å². The van der Waals surface area contributed by atoms with Gasteiger partial charge in [0, 0.05) is 25.4 Å². The molecule has 0 bridgehead atoms. The van der Waals surface area contributed by atoms with E-state index in [-0.39, 0.29) is 24.0 Å². The molecule has 2 aliphatic rings. The number of sulfonamides is 1. The zero-order chi connectivity index (χ0) is 16.4. The average molecular weight is 340 g/mol. The van der Waals surface area contributed by atoms with E-state index in [1.54, 1.807) is 4.90 Å². The van der Waals surface area contributed by atoms with Crippen molar-refractivity contribution in [1.29, 1.82) is 0 Å². The first-order valence-corrected chi connectivity index (χ1v) is 9.29. The Bertz CT molecular complexity index is 704. The maximum Gasteiger partial charge on any atom is 0.222 e. The Kier molecular flexibility index (Phi) is 4.45. The summed E-state index contributed by atoms with van der Waals surface area (Å²) in [5.41, 5.74) is 1.05. The molecule has 1 aromatic rings. The predicted molar refractivity (Wildman–Crippen MR) is 83.8 cm³/mol. The van der Waals surface area contributed by atoms with Gasteiger partial charge in [0.15, 0.2) is 11.5 Å². The average Bonchev–Trinajstić information content (AvgIpc) is 2.82. The lowest BCUT2D eigenvalue weighted by Crippen LogP contribution is -2.29. The second-order valence-corrected chi connectivity index (χ2v) is 7.63. The molecular weight excluding hydrogens is 320 g/mol. The van der Waals surface area contributed by atoms with Crippen LogP contribution in [-0.2, 0) is 21.2 Å². The van der Waals surface area contributed by atoms with Crippen LogP contribution in [0.1, 0.15) is 12.0 Å². The molecule has 0 aliphatic carbocycles. The third-order valence-corrected chi connectivity index (χ3v) is 4.98. The molecule has 1 aromatic carbocycles. The number of rotatable bonds is 5. The molecule has 2 aliphatic heterocycles. The fourth-order valence-electron chi connectivity index (χ4n) is 3.02. The summed E-state index contributed by atoms with van der Waals surface area (Å²) >= 11 is 0. The minimum Gasteiger partial charge on any atom is -0.486 e. The summed E-state index contributed by atoms with van der Waals surface area (Å²) in [6, 6.07) is 5.76. The highest BCUT2D eigenvalue weighted by atomic mass is 32.2. The van der Waals surface area contributed by atoms with Crippen LogP contribution in [0.3, 0.4) is 0 Å². The first kappa shape index (κ1) is 16.1. The summed E-state index contributed by atoms with van der Waals surface area (Å²) in [5, 5.41) is 5.05. The summed E-state index contributed by atoms with van der Waals surface area (Å²) in [5.74, 6) is 1.10. The summed E-state index contributed by atoms with van der Waals surface area (Å²) in [6.07, 6.45) is 0.933. The zero-order valence-electron chi connectivity index (χ0n) is 12.7. The Hall–Kier alpha value is -1.80. The number of primary sulfonamides is 1. The fourth-order valence-corrected chi connectivity index (χ4v) is 3.90. The van der Waals surface area contributed by atoms with Gasteiger partial charge in [-0.05, 0) is 24.1 Å². The highest BCUT2D eigenvalue weighted by molar-refractivity contribution is 7.89. The van der Waals surface area contributed by atoms with E-state index in [1.165, 1.54) is 0 Å². The van der Waals surface area contributed by atoms with E-state index in [9.17, 15) is 13.2 Å². The predicted octanol–water partition coefficient (Wildman–Crippen LogP) is 0.137. The van der Waals surface area contributed by atoms with Crippen molar-refractivity contribution in [2.75, 3.05) is 32.1 Å². The van der Waals surface area contributed by atoms with Crippen LogP contribution >= 0.6 is 0 Å². The number of nitrogens with two attached hydrogens (primary N) is 1. The molecule has 8 heteroatoms. The number of fused-ring (bicyclic) bond motifs is 1. The van der Waals surface area contributed by atoms with Gasteiger partial charge >= 0.3 is 0 Å². The smallest absolute Gasteiger partial charge is 0.222 e. The number of benzene rings is 1. The number of likely N-dealkylation sites (tertiary alicyclic amines) is 1. The van der Waals surface area contributed by atoms with Crippen molar-refractivity contribution in [2.24, 2.45) is 11.1 Å². The van der Waals surface area contributed by atoms with E-state index >= 15 is 0 Å². The zero-order valence-corrected chi connectivity index (χ0v) is 13.5. The Morgan fingerprint density at radius 3 is 2.70 bits per heavy atom. The van der Waals surface area contributed by atoms with E-state index in [0.717, 1.165) is 17.1 Å². The minimum absolute atomic E-state index is 0.0174. The van der Waals surface area contributed by atoms with E-state index < -0.39 is 10.0 Å². The van der Waals surface area contributed by atoms with Gasteiger partial charge in [-0.15, -0.1) is 0 Å². The Morgan fingerprint density at radius 2 is 1.96 bits per heavy atom. The van der Waals surface area contributed by atoms with Crippen LogP contribution in [-0.4, -0.2) is 51.3 Å². The van der Waals surface area contributed by atoms with Gasteiger partial charge in [-0.1, -0.05) is 6.07 Å². The van der Waals surface area contributed by atoms with Crippen molar-refractivity contribution in [2.45, 2.75) is 12.8 Å². The lowest BCUT2D eigenvalue weighted by molar-refractivity contribution is -0.127. The highest BCUT2D eigenvalue weighted by Gasteiger charge is 2.31. The SMILES string of the molecule is NS(=O)(=O)CC1CC(=O)N(CCc2ccc3c(c2)OCCO3)C1. The van der Waals surface area contributed by atoms with Crippen LogP contribution in [0.15, 0.2) is 18.2 Å². The number of carbonyl (C=O) groups excluding carboxylic acids is 1. The third kappa shape index (κ3) is 4.14. The van der Waals surface area contributed by atoms with Gasteiger partial charge < -0.3 is 14.4 Å². The highest BCUT2D eigenvalue weighted by Crippen LogP contribution is 2.31. The molecule has 0 saturated carbocycles. The van der Waals surface area contributed by atoms with Gasteiger partial charge in [-0.2, -0.15) is 0 Å². The molecular formula is C15H20N2O5S. The van der Waals surface area contributed by atoms with Crippen molar-refractivity contribution >= 4 is 15.9 Å². The molecule has 1 atom stereocenters. The van der Waals surface area contributed by atoms with E-state index in [4.69, 9.17) is 14.6 Å². The Morgan fingerprint density at radius 1 is 1.22 bits per heavy atom. The molecule has 2 heterocycles. The van der Waals surface area contributed by atoms with Crippen molar-refractivity contribution in [1.82, 2.24) is 4.90 Å². The molecule has 0 spiro atoms. The molecule has 2 N–H and O–H groups in total. The van der Waals surface area contributed by atoms with Crippen LogP contribution in [0.5, 0.6) is 11.5 Å². The standard InChI is InChI=1S/C15H20N2O5S/c16-23(19,20)10-12-8-15(18)17(9-12)4-3-11-1-2-13-14(7-11)22-6-5-21-13/h1-2,7,12H,3-6,8-10H2,(H2,16,19,20). The summed E-state index contributed by atoms with van der Waals surface area (Å²) in [4.78, 5) is 13.7. The maximum absolute atomic E-state index is 12.0. The van der Waals surface area contributed by atoms with Gasteiger partial charge in [0.2, 0.25) is 15.9 Å². The first-order chi connectivity index (χ1) is 10.9. The van der Waals surface area contributed by atoms with Crippen LogP contribution < -0.4 is 14.6 Å². The van der Waals surface area contributed by atoms with Crippen LogP contribution in [0.4, 0.5) is 0 Å². The number of hydrogen-bond donors (Lipinski definition) is 1. The lowest BCUT2D eigenvalue weighted by Gasteiger charge is -2.20. The minimum atomic E-state index is -3.54. The lowest BCUT2D eigenvalue weighted by atomic mass is 10.1. The Labute approximate surface area is 135 Å². The number of amides is 1. The van der Waals surface area contributed by atoms with Crippen molar-refractivity contribution in [3.8, 4) is 11.5 Å². The van der Waals surface area contributed by atoms with Crippen LogP contribution in [0.25, 0.3) is 0 Å². The van der Waals surface area contributed by atoms with Gasteiger partial charge in [0.1, 0.15) is 13.2 Å². The number of hydrogen-bond acceptors (Lipinski definition) is 5. The molecule has 126 valence electrons. The van der Waals surface area contributed by atoms with E-state index in [2.05, 4.69) is 0 Å². The third-order valence-electron chi connectivity index (χ3n) is 4.04. The summed E-state index contributed by atoms with van der Waals surface area (Å²) in [6.45, 7) is 2.09. The monoisotopic (exact) mass is 340 g/mol. The molecule has 7 nitrogen and oxygen atoms in total. The Balaban J connectivity index is 1.57. The molecule has 1 saturated heterocycles. The van der Waals surface area contributed by atoms with Gasteiger partial charge in [-0.3, -0.25) is 4.79 Å². The van der Waals surface area contributed by atoms with E-state index in [1.807, 2.05) is 18.2 Å². The van der Waals surface area contributed by atoms with E-state index in [0.29, 0.717) is 32.7 Å². The molecule has 1 fully saturated rings. The summed E-state index contributed by atoms with van der Waals surface area (Å²) < 4.78 is 33.3. The van der Waals surface area contributed by atoms with Crippen molar-refractivity contribution < 1.29 is 22.7 Å². The second-order valence-electron chi connectivity index (χ2n) is 5.97. The summed E-state index contributed by atoms with van der Waals surface area (Å²) in [7, 11) is -3.54. The number of ether oxygens (including phenoxy) is 2. The molecule has 0 aromatic heterocycles. The van der Waals surface area contributed by atoms with Gasteiger partial charge in [0.05, 0.1) is 5.75 Å². The molecule has 1 amide bonds. The van der Waals surface area contributed by atoms with Gasteiger partial charge in [-0.25, -0.2) is 13.6 Å². The molecule has 0 radical (unpaired) electrons. The normalized spacial score (nSPS) is 20.8. The second kappa shape index (κ2) is 6.37. The molecule has 1 unspecified atom stereocenters. The fraction of sp³-hybridized carbons (Fsp3) is 0.533. The molecule has 3 rings (SSSR count). The molecule has 23 heavy (non-hydrogen) atoms. The quantitative estimate of drug-likeness (QED) is 0.822. The first-order valence-electron chi connectivity index (χ1n) is 7.57. The van der Waals surface area contributed by atoms with Crippen molar-refractivity contribution in [3.63, 3.8) is 0 Å². The maximum atomic E-state index is 12.0. The van der Waals surface area contributed by atoms with Gasteiger partial charge in [0.25, 0.3) is 0 Å². The number of carbonyl (C=O) groups is 1. The largest absolute Gasteiger partial charge is 0.486 e.